The molecule has 1 aromatic carbocycles. The molecule has 3 nitrogen and oxygen atoms in total. The number of amides is 1. The predicted molar refractivity (Wildman–Crippen MR) is 84.1 cm³/mol. The van der Waals surface area contributed by atoms with Crippen LogP contribution >= 0.6 is 0 Å². The summed E-state index contributed by atoms with van der Waals surface area (Å²) in [7, 11) is 0. The minimum absolute atomic E-state index is 0.0212. The molecule has 2 aliphatic rings. The minimum Gasteiger partial charge on any atom is -0.348 e. The number of quaternary nitrogens is 1. The van der Waals surface area contributed by atoms with Gasteiger partial charge in [0.15, 0.2) is 6.04 Å². The molecule has 114 valence electrons. The molecule has 1 aliphatic carbocycles. The zero-order chi connectivity index (χ0) is 14.5. The number of rotatable bonds is 4. The predicted octanol–water partition coefficient (Wildman–Crippen LogP) is 1.86. The van der Waals surface area contributed by atoms with E-state index in [1.165, 1.54) is 42.6 Å². The molecule has 1 unspecified atom stereocenters. The first kappa shape index (κ1) is 14.6. The molecule has 1 saturated carbocycles. The minimum atomic E-state index is -0.0212. The van der Waals surface area contributed by atoms with E-state index in [0.29, 0.717) is 6.04 Å². The van der Waals surface area contributed by atoms with Crippen molar-refractivity contribution >= 4 is 5.91 Å². The number of likely N-dealkylation sites (tertiary alicyclic amines) is 1. The third kappa shape index (κ3) is 3.65. The number of piperidine rings is 1. The molecule has 1 atom stereocenters. The number of hydrogen-bond donors (Lipinski definition) is 2. The fraction of sp³-hybridized carbons (Fsp3) is 0.611. The second kappa shape index (κ2) is 7.08. The van der Waals surface area contributed by atoms with E-state index in [2.05, 4.69) is 29.6 Å². The first-order valence-corrected chi connectivity index (χ1v) is 8.54. The summed E-state index contributed by atoms with van der Waals surface area (Å²) in [6.45, 7) is 2.25. The van der Waals surface area contributed by atoms with Gasteiger partial charge >= 0.3 is 0 Å². The van der Waals surface area contributed by atoms with E-state index in [1.807, 2.05) is 6.07 Å². The van der Waals surface area contributed by atoms with Gasteiger partial charge in [0.1, 0.15) is 0 Å². The molecule has 0 spiro atoms. The maximum atomic E-state index is 12.9. The van der Waals surface area contributed by atoms with Gasteiger partial charge in [-0.2, -0.15) is 0 Å². The van der Waals surface area contributed by atoms with E-state index < -0.39 is 0 Å². The smallest absolute Gasteiger partial charge is 0.283 e. The van der Waals surface area contributed by atoms with Crippen LogP contribution in [-0.2, 0) is 4.79 Å². The van der Waals surface area contributed by atoms with Crippen molar-refractivity contribution in [3.8, 4) is 0 Å². The molecule has 0 bridgehead atoms. The van der Waals surface area contributed by atoms with Gasteiger partial charge < -0.3 is 10.2 Å². The van der Waals surface area contributed by atoms with Crippen LogP contribution in [0.3, 0.4) is 0 Å². The van der Waals surface area contributed by atoms with Crippen LogP contribution in [0.1, 0.15) is 56.6 Å². The van der Waals surface area contributed by atoms with Gasteiger partial charge in [0.25, 0.3) is 5.91 Å². The zero-order valence-corrected chi connectivity index (χ0v) is 12.8. The van der Waals surface area contributed by atoms with Crippen LogP contribution in [0.4, 0.5) is 0 Å². The van der Waals surface area contributed by atoms with Crippen LogP contribution in [0.5, 0.6) is 0 Å². The lowest BCUT2D eigenvalue weighted by molar-refractivity contribution is -0.926. The van der Waals surface area contributed by atoms with Crippen molar-refractivity contribution in [2.24, 2.45) is 0 Å². The van der Waals surface area contributed by atoms with E-state index in [-0.39, 0.29) is 11.9 Å². The molecule has 3 rings (SSSR count). The Balaban J connectivity index is 1.75. The summed E-state index contributed by atoms with van der Waals surface area (Å²) >= 11 is 0. The maximum Gasteiger partial charge on any atom is 0.283 e. The molecular weight excluding hydrogens is 260 g/mol. The van der Waals surface area contributed by atoms with Gasteiger partial charge in [0, 0.05) is 11.6 Å². The Morgan fingerprint density at radius 3 is 2.33 bits per heavy atom. The van der Waals surface area contributed by atoms with E-state index in [0.717, 1.165) is 25.9 Å². The number of carbonyl (C=O) groups excluding carboxylic acids is 1. The quantitative estimate of drug-likeness (QED) is 0.871. The highest BCUT2D eigenvalue weighted by Crippen LogP contribution is 2.19. The number of hydrogen-bond acceptors (Lipinski definition) is 1. The second-order valence-corrected chi connectivity index (χ2v) is 6.55. The SMILES string of the molecule is O=C(NC1CCCC1)C(c1ccccc1)[NH+]1CCCCC1. The van der Waals surface area contributed by atoms with Crippen LogP contribution < -0.4 is 10.2 Å². The van der Waals surface area contributed by atoms with Crippen molar-refractivity contribution in [3.63, 3.8) is 0 Å². The van der Waals surface area contributed by atoms with E-state index >= 15 is 0 Å². The lowest BCUT2D eigenvalue weighted by Gasteiger charge is -2.31. The summed E-state index contributed by atoms with van der Waals surface area (Å²) in [5.74, 6) is 0.241. The lowest BCUT2D eigenvalue weighted by atomic mass is 10.0. The summed E-state index contributed by atoms with van der Waals surface area (Å²) in [5.41, 5.74) is 1.17. The third-order valence-corrected chi connectivity index (χ3v) is 5.00. The van der Waals surface area contributed by atoms with Crippen molar-refractivity contribution in [2.75, 3.05) is 13.1 Å². The second-order valence-electron chi connectivity index (χ2n) is 6.55. The average molecular weight is 287 g/mol. The van der Waals surface area contributed by atoms with Crippen molar-refractivity contribution < 1.29 is 9.69 Å². The molecule has 21 heavy (non-hydrogen) atoms. The van der Waals surface area contributed by atoms with Crippen molar-refractivity contribution in [3.05, 3.63) is 35.9 Å². The Kier molecular flexibility index (Phi) is 4.91. The van der Waals surface area contributed by atoms with Gasteiger partial charge in [-0.05, 0) is 32.1 Å². The topological polar surface area (TPSA) is 33.5 Å². The van der Waals surface area contributed by atoms with Gasteiger partial charge in [-0.25, -0.2) is 0 Å². The van der Waals surface area contributed by atoms with Crippen LogP contribution in [-0.4, -0.2) is 25.0 Å². The van der Waals surface area contributed by atoms with Crippen LogP contribution in [0.15, 0.2) is 30.3 Å². The molecule has 0 aromatic heterocycles. The highest BCUT2D eigenvalue weighted by atomic mass is 16.2. The normalized spacial score (nSPS) is 22.1. The summed E-state index contributed by atoms with van der Waals surface area (Å²) in [6.07, 6.45) is 8.64. The Morgan fingerprint density at radius 2 is 1.67 bits per heavy atom. The first-order chi connectivity index (χ1) is 10.3. The Labute approximate surface area is 127 Å². The van der Waals surface area contributed by atoms with Gasteiger partial charge in [0.2, 0.25) is 0 Å². The highest BCUT2D eigenvalue weighted by molar-refractivity contribution is 5.82. The van der Waals surface area contributed by atoms with Gasteiger partial charge in [0.05, 0.1) is 13.1 Å². The summed E-state index contributed by atoms with van der Waals surface area (Å²) < 4.78 is 0. The highest BCUT2D eigenvalue weighted by Gasteiger charge is 2.33. The number of benzene rings is 1. The van der Waals surface area contributed by atoms with E-state index in [1.54, 1.807) is 0 Å². The Morgan fingerprint density at radius 1 is 1.00 bits per heavy atom. The third-order valence-electron chi connectivity index (χ3n) is 5.00. The molecule has 1 heterocycles. The van der Waals surface area contributed by atoms with Crippen LogP contribution in [0, 0.1) is 0 Å². The molecule has 2 fully saturated rings. The van der Waals surface area contributed by atoms with Crippen molar-refractivity contribution in [1.29, 1.82) is 0 Å². The Hall–Kier alpha value is -1.35. The molecular formula is C18H27N2O+. The molecule has 0 radical (unpaired) electrons. The number of carbonyl (C=O) groups is 1. The summed E-state index contributed by atoms with van der Waals surface area (Å²) in [4.78, 5) is 14.3. The van der Waals surface area contributed by atoms with E-state index in [4.69, 9.17) is 0 Å². The van der Waals surface area contributed by atoms with Gasteiger partial charge in [-0.3, -0.25) is 4.79 Å². The van der Waals surface area contributed by atoms with Crippen LogP contribution in [0.25, 0.3) is 0 Å². The van der Waals surface area contributed by atoms with Crippen molar-refractivity contribution in [1.82, 2.24) is 5.32 Å². The summed E-state index contributed by atoms with van der Waals surface area (Å²) in [6, 6.07) is 10.7. The van der Waals surface area contributed by atoms with Gasteiger partial charge in [-0.15, -0.1) is 0 Å². The maximum absolute atomic E-state index is 12.9. The summed E-state index contributed by atoms with van der Waals surface area (Å²) in [5, 5.41) is 3.31. The zero-order valence-electron chi connectivity index (χ0n) is 12.8. The monoisotopic (exact) mass is 287 g/mol. The first-order valence-electron chi connectivity index (χ1n) is 8.54. The average Bonchev–Trinajstić information content (AvgIpc) is 3.02. The molecule has 1 amide bonds. The molecule has 1 aromatic rings. The Bertz CT molecular complexity index is 448. The fourth-order valence-electron chi connectivity index (χ4n) is 3.87. The standard InChI is InChI=1S/C18H26N2O/c21-18(19-16-11-5-6-12-16)17(15-9-3-1-4-10-15)20-13-7-2-8-14-20/h1,3-4,9-10,16-17H,2,5-8,11-14H2,(H,19,21)/p+1. The molecule has 2 N–H and O–H groups in total. The molecule has 1 aliphatic heterocycles. The largest absolute Gasteiger partial charge is 0.348 e. The van der Waals surface area contributed by atoms with Crippen molar-refractivity contribution in [2.45, 2.75) is 57.0 Å². The number of nitrogens with one attached hydrogen (secondary N) is 2. The van der Waals surface area contributed by atoms with Crippen LogP contribution in [0.2, 0.25) is 0 Å². The van der Waals surface area contributed by atoms with E-state index in [9.17, 15) is 4.79 Å². The lowest BCUT2D eigenvalue weighted by Crippen LogP contribution is -3.14. The fourth-order valence-corrected chi connectivity index (χ4v) is 3.87. The molecule has 3 heteroatoms. The molecule has 1 saturated heterocycles. The van der Waals surface area contributed by atoms with Gasteiger partial charge in [-0.1, -0.05) is 43.2 Å².